The lowest BCUT2D eigenvalue weighted by atomic mass is 10.0. The Balaban J connectivity index is 2.25. The molecule has 2 N–H and O–H groups in total. The van der Waals surface area contributed by atoms with Gasteiger partial charge in [0.2, 0.25) is 0 Å². The van der Waals surface area contributed by atoms with Crippen molar-refractivity contribution in [3.63, 3.8) is 0 Å². The maximum atomic E-state index is 13.0. The minimum atomic E-state index is -4.41. The van der Waals surface area contributed by atoms with Crippen LogP contribution in [-0.2, 0) is 18.8 Å². The number of benzene rings is 1. The molecule has 0 unspecified atom stereocenters. The average molecular weight is 255 g/mol. The smallest absolute Gasteiger partial charge is 0.321 e. The normalized spacial score (nSPS) is 18.3. The monoisotopic (exact) mass is 255 g/mol. The summed E-state index contributed by atoms with van der Waals surface area (Å²) in [6.45, 7) is 0. The zero-order valence-electron chi connectivity index (χ0n) is 9.75. The molecule has 1 aliphatic carbocycles. The molecule has 1 saturated carbocycles. The number of alkyl halides is 3. The first kappa shape index (κ1) is 11.5. The van der Waals surface area contributed by atoms with Crippen molar-refractivity contribution in [1.82, 2.24) is 9.78 Å². The molecular formula is C12H12F3N3. The Morgan fingerprint density at radius 3 is 2.56 bits per heavy atom. The molecular weight excluding hydrogens is 243 g/mol. The Hall–Kier alpha value is -1.56. The molecule has 3 rings (SSSR count). The van der Waals surface area contributed by atoms with Gasteiger partial charge >= 0.3 is 6.18 Å². The van der Waals surface area contributed by atoms with Gasteiger partial charge in [0.1, 0.15) is 5.69 Å². The van der Waals surface area contributed by atoms with Crippen LogP contribution in [0.25, 0.3) is 10.9 Å². The lowest BCUT2D eigenvalue weighted by Crippen LogP contribution is -2.18. The van der Waals surface area contributed by atoms with Gasteiger partial charge in [0.05, 0.1) is 5.52 Å². The number of rotatable bonds is 1. The van der Waals surface area contributed by atoms with Crippen LogP contribution in [-0.4, -0.2) is 9.78 Å². The Kier molecular flexibility index (Phi) is 2.09. The fourth-order valence-electron chi connectivity index (χ4n) is 2.27. The first-order valence-corrected chi connectivity index (χ1v) is 5.65. The molecule has 1 heterocycles. The first-order valence-electron chi connectivity index (χ1n) is 5.65. The van der Waals surface area contributed by atoms with Crippen LogP contribution < -0.4 is 5.73 Å². The van der Waals surface area contributed by atoms with E-state index in [1.807, 2.05) is 0 Å². The molecule has 2 aromatic rings. The van der Waals surface area contributed by atoms with Gasteiger partial charge in [0.15, 0.2) is 0 Å². The average Bonchev–Trinajstić information content (AvgIpc) is 2.89. The van der Waals surface area contributed by atoms with Gasteiger partial charge in [-0.15, -0.1) is 0 Å². The van der Waals surface area contributed by atoms with Crippen LogP contribution in [0.1, 0.15) is 24.1 Å². The van der Waals surface area contributed by atoms with E-state index in [4.69, 9.17) is 5.73 Å². The number of hydrogen-bond donors (Lipinski definition) is 1. The van der Waals surface area contributed by atoms with E-state index in [1.165, 1.54) is 13.1 Å². The lowest BCUT2D eigenvalue weighted by molar-refractivity contribution is -0.142. The number of halogens is 3. The van der Waals surface area contributed by atoms with Crippen molar-refractivity contribution >= 4 is 10.9 Å². The van der Waals surface area contributed by atoms with E-state index >= 15 is 0 Å². The molecule has 0 bridgehead atoms. The summed E-state index contributed by atoms with van der Waals surface area (Å²) in [6.07, 6.45) is -2.77. The summed E-state index contributed by atoms with van der Waals surface area (Å²) in [7, 11) is 1.30. The molecule has 3 nitrogen and oxygen atoms in total. The van der Waals surface area contributed by atoms with Crippen molar-refractivity contribution in [3.8, 4) is 0 Å². The second-order valence-corrected chi connectivity index (χ2v) is 4.86. The molecule has 0 spiro atoms. The van der Waals surface area contributed by atoms with Crippen LogP contribution in [0.3, 0.4) is 0 Å². The summed E-state index contributed by atoms with van der Waals surface area (Å²) in [4.78, 5) is 0. The summed E-state index contributed by atoms with van der Waals surface area (Å²) in [5.74, 6) is 0. The number of aromatic nitrogens is 2. The molecule has 1 aromatic carbocycles. The molecule has 0 aliphatic heterocycles. The van der Waals surface area contributed by atoms with E-state index in [0.29, 0.717) is 5.52 Å². The second-order valence-electron chi connectivity index (χ2n) is 4.86. The van der Waals surface area contributed by atoms with Crippen molar-refractivity contribution in [2.24, 2.45) is 12.8 Å². The van der Waals surface area contributed by atoms with E-state index in [9.17, 15) is 13.2 Å². The molecule has 1 aliphatic rings. The van der Waals surface area contributed by atoms with Crippen LogP contribution in [0.2, 0.25) is 0 Å². The molecule has 1 fully saturated rings. The third kappa shape index (κ3) is 1.59. The topological polar surface area (TPSA) is 43.8 Å². The van der Waals surface area contributed by atoms with E-state index in [-0.39, 0.29) is 5.39 Å². The summed E-state index contributed by atoms with van der Waals surface area (Å²) in [5.41, 5.74) is 5.96. The Labute approximate surface area is 101 Å². The Morgan fingerprint density at radius 2 is 2.00 bits per heavy atom. The van der Waals surface area contributed by atoms with E-state index in [1.54, 1.807) is 12.1 Å². The third-order valence-electron chi connectivity index (χ3n) is 3.47. The van der Waals surface area contributed by atoms with Crippen molar-refractivity contribution in [3.05, 3.63) is 29.5 Å². The largest absolute Gasteiger partial charge is 0.433 e. The van der Waals surface area contributed by atoms with Gasteiger partial charge < -0.3 is 5.73 Å². The van der Waals surface area contributed by atoms with Gasteiger partial charge in [-0.2, -0.15) is 18.3 Å². The Morgan fingerprint density at radius 1 is 1.33 bits per heavy atom. The summed E-state index contributed by atoms with van der Waals surface area (Å²) >= 11 is 0. The quantitative estimate of drug-likeness (QED) is 0.851. The van der Waals surface area contributed by atoms with Crippen LogP contribution in [0.15, 0.2) is 18.2 Å². The van der Waals surface area contributed by atoms with Crippen molar-refractivity contribution in [1.29, 1.82) is 0 Å². The molecule has 1 aromatic heterocycles. The molecule has 0 amide bonds. The first-order chi connectivity index (χ1) is 8.31. The molecule has 0 atom stereocenters. The molecule has 0 radical (unpaired) electrons. The van der Waals surface area contributed by atoms with Gasteiger partial charge in [0, 0.05) is 18.0 Å². The number of aryl methyl sites for hydroxylation is 1. The van der Waals surface area contributed by atoms with E-state index in [0.717, 1.165) is 23.1 Å². The maximum absolute atomic E-state index is 13.0. The lowest BCUT2D eigenvalue weighted by Gasteiger charge is -2.10. The Bertz CT molecular complexity index is 623. The fraction of sp³-hybridized carbons (Fsp3) is 0.417. The van der Waals surface area contributed by atoms with Crippen LogP contribution >= 0.6 is 0 Å². The molecule has 18 heavy (non-hydrogen) atoms. The van der Waals surface area contributed by atoms with Gasteiger partial charge in [-0.25, -0.2) is 0 Å². The highest BCUT2D eigenvalue weighted by atomic mass is 19.4. The molecule has 6 heteroatoms. The van der Waals surface area contributed by atoms with Gasteiger partial charge in [0.25, 0.3) is 0 Å². The summed E-state index contributed by atoms with van der Waals surface area (Å²) < 4.78 is 39.8. The molecule has 0 saturated heterocycles. The van der Waals surface area contributed by atoms with Gasteiger partial charge in [-0.3, -0.25) is 4.68 Å². The van der Waals surface area contributed by atoms with Gasteiger partial charge in [-0.1, -0.05) is 6.07 Å². The molecule has 96 valence electrons. The maximum Gasteiger partial charge on any atom is 0.433 e. The van der Waals surface area contributed by atoms with Crippen LogP contribution in [0.4, 0.5) is 13.2 Å². The van der Waals surface area contributed by atoms with Crippen molar-refractivity contribution < 1.29 is 13.2 Å². The number of fused-ring (bicyclic) bond motifs is 1. The van der Waals surface area contributed by atoms with Crippen molar-refractivity contribution in [2.75, 3.05) is 0 Å². The standard InChI is InChI=1S/C12H12F3N3/c1-18-10(12(13,14)15)8-6-7(11(16)4-5-11)2-3-9(8)17-18/h2-3,6H,4-5,16H2,1H3. The summed E-state index contributed by atoms with van der Waals surface area (Å²) in [5, 5.41) is 4.00. The SMILES string of the molecule is Cn1nc2ccc(C3(N)CC3)cc2c1C(F)(F)F. The highest BCUT2D eigenvalue weighted by Crippen LogP contribution is 2.44. The minimum Gasteiger partial charge on any atom is -0.321 e. The number of nitrogens with zero attached hydrogens (tertiary/aromatic N) is 2. The van der Waals surface area contributed by atoms with Crippen molar-refractivity contribution in [2.45, 2.75) is 24.6 Å². The highest BCUT2D eigenvalue weighted by Gasteiger charge is 2.41. The van der Waals surface area contributed by atoms with Crippen LogP contribution in [0.5, 0.6) is 0 Å². The van der Waals surface area contributed by atoms with Crippen LogP contribution in [0, 0.1) is 0 Å². The number of hydrogen-bond acceptors (Lipinski definition) is 2. The zero-order chi connectivity index (χ0) is 13.1. The second kappa shape index (κ2) is 3.26. The van der Waals surface area contributed by atoms with E-state index in [2.05, 4.69) is 5.10 Å². The number of nitrogens with two attached hydrogens (primary N) is 1. The summed E-state index contributed by atoms with van der Waals surface area (Å²) in [6, 6.07) is 4.90. The predicted octanol–water partition coefficient (Wildman–Crippen LogP) is 2.54. The minimum absolute atomic E-state index is 0.124. The highest BCUT2D eigenvalue weighted by molar-refractivity contribution is 5.83. The third-order valence-corrected chi connectivity index (χ3v) is 3.47. The fourth-order valence-corrected chi connectivity index (χ4v) is 2.27. The zero-order valence-corrected chi connectivity index (χ0v) is 9.75. The predicted molar refractivity (Wildman–Crippen MR) is 60.8 cm³/mol. The van der Waals surface area contributed by atoms with E-state index < -0.39 is 17.4 Å². The van der Waals surface area contributed by atoms with Gasteiger partial charge in [-0.05, 0) is 30.5 Å².